The summed E-state index contributed by atoms with van der Waals surface area (Å²) in [5.74, 6) is 0.176. The standard InChI is InChI=1S/C17H17N3O2S/c21-15-8-17(12-20(15)14-3-7-23-10-14)4-6-19(11-17)16(22)13-2-1-5-18-9-13/h1-3,5,7,9-10H,4,6,8,11-12H2. The summed E-state index contributed by atoms with van der Waals surface area (Å²) in [6.07, 6.45) is 4.67. The fourth-order valence-corrected chi connectivity index (χ4v) is 4.24. The minimum atomic E-state index is -0.100. The average molecular weight is 327 g/mol. The Labute approximate surface area is 138 Å². The maximum atomic E-state index is 12.6. The van der Waals surface area contributed by atoms with Crippen molar-refractivity contribution in [3.05, 3.63) is 46.9 Å². The zero-order valence-electron chi connectivity index (χ0n) is 12.6. The summed E-state index contributed by atoms with van der Waals surface area (Å²) in [5.41, 5.74) is 1.49. The highest BCUT2D eigenvalue weighted by Crippen LogP contribution is 2.42. The lowest BCUT2D eigenvalue weighted by Gasteiger charge is -2.23. The number of amides is 2. The molecule has 4 heterocycles. The summed E-state index contributed by atoms with van der Waals surface area (Å²) < 4.78 is 0. The fourth-order valence-electron chi connectivity index (χ4n) is 3.60. The van der Waals surface area contributed by atoms with Crippen molar-refractivity contribution in [1.82, 2.24) is 9.88 Å². The molecule has 0 radical (unpaired) electrons. The largest absolute Gasteiger partial charge is 0.338 e. The van der Waals surface area contributed by atoms with E-state index in [2.05, 4.69) is 4.98 Å². The normalized spacial score (nSPS) is 23.9. The molecule has 2 saturated heterocycles. The van der Waals surface area contributed by atoms with Crippen LogP contribution >= 0.6 is 11.3 Å². The van der Waals surface area contributed by atoms with Gasteiger partial charge in [0.15, 0.2) is 0 Å². The first-order valence-electron chi connectivity index (χ1n) is 7.69. The number of hydrogen-bond donors (Lipinski definition) is 0. The van der Waals surface area contributed by atoms with Crippen molar-refractivity contribution < 1.29 is 9.59 Å². The lowest BCUT2D eigenvalue weighted by molar-refractivity contribution is -0.117. The van der Waals surface area contributed by atoms with Gasteiger partial charge in [-0.1, -0.05) is 0 Å². The number of aromatic nitrogens is 1. The maximum Gasteiger partial charge on any atom is 0.255 e. The summed E-state index contributed by atoms with van der Waals surface area (Å²) in [6, 6.07) is 5.54. The molecule has 4 rings (SSSR count). The zero-order valence-corrected chi connectivity index (χ0v) is 13.5. The van der Waals surface area contributed by atoms with Crippen molar-refractivity contribution in [2.75, 3.05) is 24.5 Å². The van der Waals surface area contributed by atoms with Crippen LogP contribution in [0.5, 0.6) is 0 Å². The van der Waals surface area contributed by atoms with E-state index in [0.29, 0.717) is 31.6 Å². The number of nitrogens with zero attached hydrogens (tertiary/aromatic N) is 3. The Morgan fingerprint density at radius 2 is 2.22 bits per heavy atom. The molecule has 0 aromatic carbocycles. The van der Waals surface area contributed by atoms with Crippen LogP contribution in [0.2, 0.25) is 0 Å². The van der Waals surface area contributed by atoms with Crippen LogP contribution < -0.4 is 4.90 Å². The molecule has 6 heteroatoms. The summed E-state index contributed by atoms with van der Waals surface area (Å²) in [6.45, 7) is 2.06. The van der Waals surface area contributed by atoms with E-state index in [4.69, 9.17) is 0 Å². The Balaban J connectivity index is 1.50. The summed E-state index contributed by atoms with van der Waals surface area (Å²) in [7, 11) is 0. The SMILES string of the molecule is O=C(c1cccnc1)N1CCC2(CC(=O)N(c3ccsc3)C2)C1. The van der Waals surface area contributed by atoms with Crippen molar-refractivity contribution >= 4 is 28.8 Å². The fraction of sp³-hybridized carbons (Fsp3) is 0.353. The van der Waals surface area contributed by atoms with Gasteiger partial charge < -0.3 is 9.80 Å². The second kappa shape index (κ2) is 5.45. The van der Waals surface area contributed by atoms with Crippen molar-refractivity contribution in [3.8, 4) is 0 Å². The van der Waals surface area contributed by atoms with Crippen LogP contribution in [0.3, 0.4) is 0 Å². The molecule has 1 unspecified atom stereocenters. The third-order valence-corrected chi connectivity index (χ3v) is 5.44. The van der Waals surface area contributed by atoms with E-state index in [0.717, 1.165) is 12.1 Å². The maximum absolute atomic E-state index is 12.6. The molecule has 0 saturated carbocycles. The molecule has 2 aromatic heterocycles. The Morgan fingerprint density at radius 1 is 1.30 bits per heavy atom. The summed E-state index contributed by atoms with van der Waals surface area (Å²) in [5, 5.41) is 3.99. The second-order valence-electron chi connectivity index (χ2n) is 6.36. The highest BCUT2D eigenvalue weighted by atomic mass is 32.1. The number of thiophene rings is 1. The van der Waals surface area contributed by atoms with Crippen molar-refractivity contribution in [2.45, 2.75) is 12.8 Å². The van der Waals surface area contributed by atoms with Gasteiger partial charge in [0.2, 0.25) is 5.91 Å². The minimum Gasteiger partial charge on any atom is -0.338 e. The molecule has 1 atom stereocenters. The van der Waals surface area contributed by atoms with Gasteiger partial charge in [0.1, 0.15) is 0 Å². The van der Waals surface area contributed by atoms with Gasteiger partial charge in [-0.25, -0.2) is 0 Å². The lowest BCUT2D eigenvalue weighted by Crippen LogP contribution is -2.34. The smallest absolute Gasteiger partial charge is 0.255 e. The Bertz CT molecular complexity index is 732. The number of likely N-dealkylation sites (tertiary alicyclic amines) is 1. The monoisotopic (exact) mass is 327 g/mol. The number of anilines is 1. The summed E-state index contributed by atoms with van der Waals surface area (Å²) >= 11 is 1.60. The molecule has 2 aliphatic rings. The molecule has 23 heavy (non-hydrogen) atoms. The van der Waals surface area contributed by atoms with Crippen molar-refractivity contribution in [2.24, 2.45) is 5.41 Å². The van der Waals surface area contributed by atoms with Crippen molar-refractivity contribution in [1.29, 1.82) is 0 Å². The van der Waals surface area contributed by atoms with E-state index in [9.17, 15) is 9.59 Å². The van der Waals surface area contributed by atoms with Gasteiger partial charge in [-0.2, -0.15) is 11.3 Å². The van der Waals surface area contributed by atoms with Crippen LogP contribution in [-0.2, 0) is 4.79 Å². The predicted octanol–water partition coefficient (Wildman–Crippen LogP) is 2.41. The highest BCUT2D eigenvalue weighted by Gasteiger charge is 2.48. The highest BCUT2D eigenvalue weighted by molar-refractivity contribution is 7.08. The minimum absolute atomic E-state index is 0.0106. The lowest BCUT2D eigenvalue weighted by atomic mass is 9.86. The quantitative estimate of drug-likeness (QED) is 0.851. The van der Waals surface area contributed by atoms with Crippen LogP contribution in [-0.4, -0.2) is 41.3 Å². The van der Waals surface area contributed by atoms with Crippen LogP contribution in [0.1, 0.15) is 23.2 Å². The van der Waals surface area contributed by atoms with Crippen LogP contribution in [0.25, 0.3) is 0 Å². The van der Waals surface area contributed by atoms with Gasteiger partial charge in [0.05, 0.1) is 11.3 Å². The molecule has 2 amide bonds. The molecular weight excluding hydrogens is 310 g/mol. The molecular formula is C17H17N3O2S. The van der Waals surface area contributed by atoms with Gasteiger partial charge in [-0.3, -0.25) is 14.6 Å². The second-order valence-corrected chi connectivity index (χ2v) is 7.14. The molecule has 2 fully saturated rings. The first kappa shape index (κ1) is 14.4. The van der Waals surface area contributed by atoms with E-state index < -0.39 is 0 Å². The van der Waals surface area contributed by atoms with Crippen LogP contribution in [0, 0.1) is 5.41 Å². The van der Waals surface area contributed by atoms with Gasteiger partial charge in [0, 0.05) is 49.2 Å². The Hall–Kier alpha value is -2.21. The van der Waals surface area contributed by atoms with E-state index in [-0.39, 0.29) is 17.2 Å². The number of pyridine rings is 1. The topological polar surface area (TPSA) is 53.5 Å². The molecule has 0 aliphatic carbocycles. The molecule has 2 aliphatic heterocycles. The summed E-state index contributed by atoms with van der Waals surface area (Å²) in [4.78, 5) is 32.7. The van der Waals surface area contributed by atoms with E-state index in [1.165, 1.54) is 0 Å². The molecule has 0 N–H and O–H groups in total. The molecule has 5 nitrogen and oxygen atoms in total. The number of hydrogen-bond acceptors (Lipinski definition) is 4. The van der Waals surface area contributed by atoms with E-state index >= 15 is 0 Å². The Morgan fingerprint density at radius 3 is 2.96 bits per heavy atom. The zero-order chi connectivity index (χ0) is 15.9. The van der Waals surface area contributed by atoms with E-state index in [1.807, 2.05) is 26.6 Å². The van der Waals surface area contributed by atoms with Gasteiger partial charge in [0.25, 0.3) is 5.91 Å². The molecule has 118 valence electrons. The first-order valence-corrected chi connectivity index (χ1v) is 8.63. The molecule has 1 spiro atoms. The van der Waals surface area contributed by atoms with Gasteiger partial charge in [-0.05, 0) is 30.0 Å². The first-order chi connectivity index (χ1) is 11.2. The molecule has 0 bridgehead atoms. The number of carbonyl (C=O) groups is 2. The third-order valence-electron chi connectivity index (χ3n) is 4.77. The third kappa shape index (κ3) is 2.53. The average Bonchev–Trinajstić information content (AvgIpc) is 3.29. The van der Waals surface area contributed by atoms with E-state index in [1.54, 1.807) is 35.9 Å². The Kier molecular flexibility index (Phi) is 3.41. The number of carbonyl (C=O) groups excluding carboxylic acids is 2. The molecule has 2 aromatic rings. The predicted molar refractivity (Wildman–Crippen MR) is 88.5 cm³/mol. The van der Waals surface area contributed by atoms with Gasteiger partial charge >= 0.3 is 0 Å². The number of rotatable bonds is 2. The van der Waals surface area contributed by atoms with Crippen molar-refractivity contribution in [3.63, 3.8) is 0 Å². The van der Waals surface area contributed by atoms with Gasteiger partial charge in [-0.15, -0.1) is 0 Å². The van der Waals surface area contributed by atoms with Crippen LogP contribution in [0.15, 0.2) is 41.4 Å². The van der Waals surface area contributed by atoms with Crippen LogP contribution in [0.4, 0.5) is 5.69 Å².